The third-order valence-electron chi connectivity index (χ3n) is 3.89. The summed E-state index contributed by atoms with van der Waals surface area (Å²) < 4.78 is 0.640. The Balaban J connectivity index is 1.69. The van der Waals surface area contributed by atoms with Gasteiger partial charge in [0, 0.05) is 17.3 Å². The molecule has 0 amide bonds. The first-order valence-electron chi connectivity index (χ1n) is 6.03. The average Bonchev–Trinajstić information content (AvgIpc) is 2.96. The molecule has 0 aromatic rings. The zero-order valence-electron chi connectivity index (χ0n) is 9.51. The van der Waals surface area contributed by atoms with Crippen molar-refractivity contribution in [1.82, 2.24) is 5.32 Å². The third-order valence-corrected chi connectivity index (χ3v) is 5.31. The van der Waals surface area contributed by atoms with E-state index in [2.05, 4.69) is 30.3 Å². The molecule has 2 aliphatic rings. The summed E-state index contributed by atoms with van der Waals surface area (Å²) in [5.41, 5.74) is 0. The first kappa shape index (κ1) is 10.8. The molecule has 0 heterocycles. The van der Waals surface area contributed by atoms with Crippen LogP contribution in [0.2, 0.25) is 0 Å². The smallest absolute Gasteiger partial charge is 0.0282 e. The van der Waals surface area contributed by atoms with Gasteiger partial charge in [0.25, 0.3) is 0 Å². The molecule has 2 atom stereocenters. The molecule has 2 fully saturated rings. The van der Waals surface area contributed by atoms with E-state index in [1.54, 1.807) is 0 Å². The van der Waals surface area contributed by atoms with E-state index >= 15 is 0 Å². The maximum Gasteiger partial charge on any atom is 0.0282 e. The molecule has 1 nitrogen and oxygen atoms in total. The van der Waals surface area contributed by atoms with Gasteiger partial charge in [-0.15, -0.1) is 0 Å². The van der Waals surface area contributed by atoms with Crippen molar-refractivity contribution in [1.29, 1.82) is 0 Å². The summed E-state index contributed by atoms with van der Waals surface area (Å²) in [6, 6.07) is 0.823. The number of nitrogens with one attached hydrogen (secondary N) is 1. The number of rotatable bonds is 4. The first-order valence-corrected chi connectivity index (χ1v) is 7.25. The Bertz CT molecular complexity index is 189. The fraction of sp³-hybridized carbons (Fsp3) is 1.00. The molecule has 0 aliphatic heterocycles. The molecule has 2 saturated carbocycles. The van der Waals surface area contributed by atoms with Crippen LogP contribution < -0.4 is 5.32 Å². The summed E-state index contributed by atoms with van der Waals surface area (Å²) in [6.07, 6.45) is 10.8. The minimum atomic E-state index is 0.640. The predicted molar refractivity (Wildman–Crippen MR) is 64.9 cm³/mol. The van der Waals surface area contributed by atoms with E-state index < -0.39 is 0 Å². The molecule has 0 aromatic heterocycles. The van der Waals surface area contributed by atoms with Crippen molar-refractivity contribution in [2.75, 3.05) is 12.8 Å². The van der Waals surface area contributed by atoms with Gasteiger partial charge in [0.2, 0.25) is 0 Å². The van der Waals surface area contributed by atoms with Crippen LogP contribution >= 0.6 is 11.8 Å². The van der Waals surface area contributed by atoms with E-state index in [-0.39, 0.29) is 0 Å². The fourth-order valence-electron chi connectivity index (χ4n) is 2.54. The Morgan fingerprint density at radius 2 is 2.14 bits per heavy atom. The van der Waals surface area contributed by atoms with Gasteiger partial charge in [0.05, 0.1) is 0 Å². The van der Waals surface area contributed by atoms with Gasteiger partial charge in [0.1, 0.15) is 0 Å². The minimum Gasteiger partial charge on any atom is -0.313 e. The van der Waals surface area contributed by atoms with Crippen molar-refractivity contribution in [2.45, 2.75) is 56.2 Å². The van der Waals surface area contributed by atoms with Crippen LogP contribution in [0.25, 0.3) is 0 Å². The molecule has 0 spiro atoms. The molecule has 2 unspecified atom stereocenters. The molecular weight excluding hydrogens is 190 g/mol. The van der Waals surface area contributed by atoms with Crippen LogP contribution in [0, 0.1) is 5.92 Å². The topological polar surface area (TPSA) is 12.0 Å². The molecule has 1 N–H and O–H groups in total. The van der Waals surface area contributed by atoms with Crippen LogP contribution in [-0.2, 0) is 0 Å². The Morgan fingerprint density at radius 3 is 2.71 bits per heavy atom. The van der Waals surface area contributed by atoms with Gasteiger partial charge in [-0.05, 0) is 37.9 Å². The average molecular weight is 213 g/mol. The van der Waals surface area contributed by atoms with Gasteiger partial charge in [0.15, 0.2) is 0 Å². The normalized spacial score (nSPS) is 35.6. The lowest BCUT2D eigenvalue weighted by atomic mass is 9.87. The Kier molecular flexibility index (Phi) is 3.43. The molecular formula is C12H23NS. The Morgan fingerprint density at radius 1 is 1.36 bits per heavy atom. The molecule has 0 saturated heterocycles. The quantitative estimate of drug-likeness (QED) is 0.770. The molecule has 0 radical (unpaired) electrons. The minimum absolute atomic E-state index is 0.640. The van der Waals surface area contributed by atoms with E-state index in [1.165, 1.54) is 45.1 Å². The largest absolute Gasteiger partial charge is 0.313 e. The summed E-state index contributed by atoms with van der Waals surface area (Å²) in [5.74, 6) is 0.950. The number of thioether (sulfide) groups is 1. The van der Waals surface area contributed by atoms with Crippen LogP contribution in [0.1, 0.15) is 45.4 Å². The van der Waals surface area contributed by atoms with Gasteiger partial charge in [-0.1, -0.05) is 19.8 Å². The van der Waals surface area contributed by atoms with Crippen molar-refractivity contribution >= 4 is 11.8 Å². The zero-order chi connectivity index (χ0) is 10.0. The summed E-state index contributed by atoms with van der Waals surface area (Å²) in [6.45, 7) is 3.65. The lowest BCUT2D eigenvalue weighted by Gasteiger charge is -2.29. The SMILES string of the molecule is CSC1(CNC2CCCC(C)C2)CC1. The molecule has 0 aromatic carbocycles. The molecule has 2 rings (SSSR count). The lowest BCUT2D eigenvalue weighted by molar-refractivity contribution is 0.301. The van der Waals surface area contributed by atoms with Gasteiger partial charge in [-0.3, -0.25) is 0 Å². The second-order valence-electron chi connectivity index (χ2n) is 5.24. The summed E-state index contributed by atoms with van der Waals surface area (Å²) in [7, 11) is 0. The monoisotopic (exact) mass is 213 g/mol. The van der Waals surface area contributed by atoms with E-state index in [4.69, 9.17) is 0 Å². The van der Waals surface area contributed by atoms with E-state index in [9.17, 15) is 0 Å². The van der Waals surface area contributed by atoms with E-state index in [0.29, 0.717) is 4.75 Å². The van der Waals surface area contributed by atoms with Crippen LogP contribution in [0.4, 0.5) is 0 Å². The van der Waals surface area contributed by atoms with Gasteiger partial charge in [-0.2, -0.15) is 11.8 Å². The van der Waals surface area contributed by atoms with Crippen molar-refractivity contribution < 1.29 is 0 Å². The fourth-order valence-corrected chi connectivity index (χ4v) is 3.28. The van der Waals surface area contributed by atoms with Crippen LogP contribution in [0.5, 0.6) is 0 Å². The summed E-state index contributed by atoms with van der Waals surface area (Å²) in [4.78, 5) is 0. The maximum atomic E-state index is 3.78. The van der Waals surface area contributed by atoms with E-state index in [0.717, 1.165) is 12.0 Å². The molecule has 0 bridgehead atoms. The highest BCUT2D eigenvalue weighted by molar-refractivity contribution is 8.00. The van der Waals surface area contributed by atoms with Crippen molar-refractivity contribution in [2.24, 2.45) is 5.92 Å². The standard InChI is InChI=1S/C12H23NS/c1-10-4-3-5-11(8-10)13-9-12(14-2)6-7-12/h10-11,13H,3-9H2,1-2H3. The third kappa shape index (κ3) is 2.66. The van der Waals surface area contributed by atoms with Crippen molar-refractivity contribution in [3.8, 4) is 0 Å². The highest BCUT2D eigenvalue weighted by atomic mass is 32.2. The van der Waals surface area contributed by atoms with Crippen LogP contribution in [0.15, 0.2) is 0 Å². The summed E-state index contributed by atoms with van der Waals surface area (Å²) >= 11 is 2.07. The van der Waals surface area contributed by atoms with Gasteiger partial charge < -0.3 is 5.32 Å². The lowest BCUT2D eigenvalue weighted by Crippen LogP contribution is -2.38. The second kappa shape index (κ2) is 4.44. The van der Waals surface area contributed by atoms with E-state index in [1.807, 2.05) is 0 Å². The van der Waals surface area contributed by atoms with Crippen molar-refractivity contribution in [3.05, 3.63) is 0 Å². The van der Waals surface area contributed by atoms with Crippen LogP contribution in [-0.4, -0.2) is 23.6 Å². The zero-order valence-corrected chi connectivity index (χ0v) is 10.3. The second-order valence-corrected chi connectivity index (χ2v) is 6.51. The highest BCUT2D eigenvalue weighted by Gasteiger charge is 2.41. The highest BCUT2D eigenvalue weighted by Crippen LogP contribution is 2.46. The molecule has 2 heteroatoms. The first-order chi connectivity index (χ1) is 6.74. The number of hydrogen-bond donors (Lipinski definition) is 1. The Labute approximate surface area is 92.4 Å². The predicted octanol–water partition coefficient (Wildman–Crippen LogP) is 3.05. The van der Waals surface area contributed by atoms with Crippen molar-refractivity contribution in [3.63, 3.8) is 0 Å². The maximum absolute atomic E-state index is 3.78. The van der Waals surface area contributed by atoms with Gasteiger partial charge >= 0.3 is 0 Å². The molecule has 14 heavy (non-hydrogen) atoms. The number of hydrogen-bond acceptors (Lipinski definition) is 2. The Hall–Kier alpha value is 0.310. The molecule has 2 aliphatic carbocycles. The summed E-state index contributed by atoms with van der Waals surface area (Å²) in [5, 5.41) is 3.78. The van der Waals surface area contributed by atoms with Gasteiger partial charge in [-0.25, -0.2) is 0 Å². The molecule has 82 valence electrons. The van der Waals surface area contributed by atoms with Crippen LogP contribution in [0.3, 0.4) is 0 Å².